The summed E-state index contributed by atoms with van der Waals surface area (Å²) in [6.45, 7) is 0. The summed E-state index contributed by atoms with van der Waals surface area (Å²) in [5.74, 6) is -1.55. The Morgan fingerprint density at radius 3 is 2.33 bits per heavy atom. The normalized spacial score (nSPS) is 12.1. The number of nitriles is 1. The van der Waals surface area contributed by atoms with Crippen LogP contribution in [0.5, 0.6) is 0 Å². The summed E-state index contributed by atoms with van der Waals surface area (Å²) in [4.78, 5) is 12.1. The number of aliphatic hydroxyl groups is 1. The minimum atomic E-state index is -4.55. The van der Waals surface area contributed by atoms with Crippen molar-refractivity contribution < 1.29 is 23.1 Å². The lowest BCUT2D eigenvalue weighted by atomic mass is 10.1. The number of aliphatic hydroxyl groups excluding tert-OH is 1. The summed E-state index contributed by atoms with van der Waals surface area (Å²) in [7, 11) is 0. The zero-order valence-corrected chi connectivity index (χ0v) is 12.1. The second kappa shape index (κ2) is 6.87. The fourth-order valence-electron chi connectivity index (χ4n) is 1.92. The minimum absolute atomic E-state index is 0.136. The summed E-state index contributed by atoms with van der Waals surface area (Å²) in [5, 5.41) is 21.3. The standard InChI is InChI=1S/C17H11F3N2O2/c18-17(19,20)12-7-4-8-13(9-12)22-16(24)14(10-21)15(23)11-5-2-1-3-6-11/h1-9,23H,(H,22,24)/b15-14-. The van der Waals surface area contributed by atoms with Crippen LogP contribution in [0.3, 0.4) is 0 Å². The number of benzene rings is 2. The molecule has 0 saturated carbocycles. The van der Waals surface area contributed by atoms with Crippen LogP contribution in [0.1, 0.15) is 11.1 Å². The number of carbonyl (C=O) groups excluding carboxylic acids is 1. The second-order valence-corrected chi connectivity index (χ2v) is 4.73. The first-order valence-electron chi connectivity index (χ1n) is 6.70. The van der Waals surface area contributed by atoms with Gasteiger partial charge in [0, 0.05) is 11.3 Å². The van der Waals surface area contributed by atoms with E-state index in [0.717, 1.165) is 18.2 Å². The van der Waals surface area contributed by atoms with E-state index in [1.54, 1.807) is 24.3 Å². The van der Waals surface area contributed by atoms with Gasteiger partial charge >= 0.3 is 6.18 Å². The average Bonchev–Trinajstić information content (AvgIpc) is 2.55. The lowest BCUT2D eigenvalue weighted by Gasteiger charge is -2.10. The van der Waals surface area contributed by atoms with E-state index in [4.69, 9.17) is 5.26 Å². The van der Waals surface area contributed by atoms with Gasteiger partial charge in [-0.25, -0.2) is 0 Å². The monoisotopic (exact) mass is 332 g/mol. The first-order valence-corrected chi connectivity index (χ1v) is 6.70. The number of hydrogen-bond acceptors (Lipinski definition) is 3. The molecular formula is C17H11F3N2O2. The largest absolute Gasteiger partial charge is 0.506 e. The predicted octanol–water partition coefficient (Wildman–Crippen LogP) is 4.14. The predicted molar refractivity (Wildman–Crippen MR) is 81.7 cm³/mol. The van der Waals surface area contributed by atoms with Gasteiger partial charge in [0.15, 0.2) is 5.57 Å². The Balaban J connectivity index is 2.30. The number of nitrogens with one attached hydrogen (secondary N) is 1. The SMILES string of the molecule is N#C/C(C(=O)Nc1cccc(C(F)(F)F)c1)=C(/O)c1ccccc1. The van der Waals surface area contributed by atoms with E-state index in [1.165, 1.54) is 18.2 Å². The van der Waals surface area contributed by atoms with Crippen molar-refractivity contribution in [1.29, 1.82) is 5.26 Å². The molecule has 2 aromatic rings. The van der Waals surface area contributed by atoms with Crippen LogP contribution in [0, 0.1) is 11.3 Å². The van der Waals surface area contributed by atoms with Crippen LogP contribution in [0.15, 0.2) is 60.2 Å². The lowest BCUT2D eigenvalue weighted by molar-refractivity contribution is -0.137. The van der Waals surface area contributed by atoms with Crippen LogP contribution < -0.4 is 5.32 Å². The molecule has 0 atom stereocenters. The Morgan fingerprint density at radius 1 is 1.08 bits per heavy atom. The van der Waals surface area contributed by atoms with Gasteiger partial charge in [-0.05, 0) is 18.2 Å². The Kier molecular flexibility index (Phi) is 4.90. The van der Waals surface area contributed by atoms with Crippen molar-refractivity contribution in [2.45, 2.75) is 6.18 Å². The molecule has 0 saturated heterocycles. The number of alkyl halides is 3. The van der Waals surface area contributed by atoms with Gasteiger partial charge in [0.2, 0.25) is 0 Å². The molecule has 0 aliphatic heterocycles. The summed E-state index contributed by atoms with van der Waals surface area (Å²) >= 11 is 0. The highest BCUT2D eigenvalue weighted by molar-refractivity contribution is 6.10. The molecule has 2 N–H and O–H groups in total. The van der Waals surface area contributed by atoms with Crippen molar-refractivity contribution in [3.63, 3.8) is 0 Å². The van der Waals surface area contributed by atoms with Gasteiger partial charge in [-0.3, -0.25) is 4.79 Å². The molecule has 0 aliphatic rings. The van der Waals surface area contributed by atoms with E-state index in [1.807, 2.05) is 0 Å². The van der Waals surface area contributed by atoms with Crippen LogP contribution in [-0.2, 0) is 11.0 Å². The van der Waals surface area contributed by atoms with Crippen molar-refractivity contribution >= 4 is 17.4 Å². The molecule has 0 heterocycles. The molecule has 0 unspecified atom stereocenters. The molecular weight excluding hydrogens is 321 g/mol. The quantitative estimate of drug-likeness (QED) is 0.504. The molecule has 0 bridgehead atoms. The first-order chi connectivity index (χ1) is 11.3. The Labute approximate surface area is 135 Å². The van der Waals surface area contributed by atoms with E-state index >= 15 is 0 Å². The number of halogens is 3. The lowest BCUT2D eigenvalue weighted by Crippen LogP contribution is -2.16. The molecule has 1 amide bonds. The van der Waals surface area contributed by atoms with Crippen LogP contribution in [0.4, 0.5) is 18.9 Å². The van der Waals surface area contributed by atoms with E-state index in [2.05, 4.69) is 5.32 Å². The van der Waals surface area contributed by atoms with Crippen LogP contribution in [0.2, 0.25) is 0 Å². The maximum atomic E-state index is 12.7. The van der Waals surface area contributed by atoms with E-state index in [-0.39, 0.29) is 11.3 Å². The van der Waals surface area contributed by atoms with E-state index in [9.17, 15) is 23.1 Å². The van der Waals surface area contributed by atoms with Gasteiger partial charge in [0.05, 0.1) is 5.56 Å². The number of anilines is 1. The number of amides is 1. The zero-order chi connectivity index (χ0) is 17.7. The van der Waals surface area contributed by atoms with Gasteiger partial charge in [0.1, 0.15) is 11.8 Å². The Hall–Kier alpha value is -3.27. The highest BCUT2D eigenvalue weighted by Gasteiger charge is 2.30. The van der Waals surface area contributed by atoms with Crippen molar-refractivity contribution in [3.05, 3.63) is 71.3 Å². The molecule has 0 spiro atoms. The third-order valence-electron chi connectivity index (χ3n) is 3.07. The van der Waals surface area contributed by atoms with Gasteiger partial charge in [-0.15, -0.1) is 0 Å². The van der Waals surface area contributed by atoms with Crippen molar-refractivity contribution in [2.75, 3.05) is 5.32 Å². The molecule has 2 rings (SSSR count). The van der Waals surface area contributed by atoms with E-state index in [0.29, 0.717) is 0 Å². The number of nitrogens with zero attached hydrogens (tertiary/aromatic N) is 1. The Bertz CT molecular complexity index is 822. The maximum Gasteiger partial charge on any atom is 0.416 e. The molecule has 4 nitrogen and oxygen atoms in total. The third kappa shape index (κ3) is 3.93. The van der Waals surface area contributed by atoms with Gasteiger partial charge < -0.3 is 10.4 Å². The molecule has 24 heavy (non-hydrogen) atoms. The summed E-state index contributed by atoms with van der Waals surface area (Å²) < 4.78 is 38.0. The number of rotatable bonds is 3. The van der Waals surface area contributed by atoms with Crippen LogP contribution in [-0.4, -0.2) is 11.0 Å². The first kappa shape index (κ1) is 17.1. The number of carbonyl (C=O) groups is 1. The summed E-state index contributed by atoms with van der Waals surface area (Å²) in [6, 6.07) is 13.4. The number of hydrogen-bond donors (Lipinski definition) is 2. The molecule has 2 aromatic carbocycles. The smallest absolute Gasteiger partial charge is 0.416 e. The van der Waals surface area contributed by atoms with Crippen LogP contribution >= 0.6 is 0 Å². The molecule has 0 aromatic heterocycles. The average molecular weight is 332 g/mol. The fraction of sp³-hybridized carbons (Fsp3) is 0.0588. The van der Waals surface area contributed by atoms with Gasteiger partial charge in [-0.1, -0.05) is 36.4 Å². The zero-order valence-electron chi connectivity index (χ0n) is 12.1. The van der Waals surface area contributed by atoms with Crippen molar-refractivity contribution in [3.8, 4) is 6.07 Å². The minimum Gasteiger partial charge on any atom is -0.506 e. The molecule has 0 radical (unpaired) electrons. The highest BCUT2D eigenvalue weighted by Crippen LogP contribution is 2.30. The van der Waals surface area contributed by atoms with Crippen molar-refractivity contribution in [1.82, 2.24) is 0 Å². The molecule has 0 aliphatic carbocycles. The Morgan fingerprint density at radius 2 is 1.75 bits per heavy atom. The van der Waals surface area contributed by atoms with Gasteiger partial charge in [0.25, 0.3) is 5.91 Å². The topological polar surface area (TPSA) is 73.1 Å². The fourth-order valence-corrected chi connectivity index (χ4v) is 1.92. The third-order valence-corrected chi connectivity index (χ3v) is 3.07. The summed E-state index contributed by atoms with van der Waals surface area (Å²) in [5.41, 5.74) is -1.43. The molecule has 122 valence electrons. The second-order valence-electron chi connectivity index (χ2n) is 4.73. The van der Waals surface area contributed by atoms with Crippen molar-refractivity contribution in [2.24, 2.45) is 0 Å². The van der Waals surface area contributed by atoms with Crippen LogP contribution in [0.25, 0.3) is 5.76 Å². The van der Waals surface area contributed by atoms with Gasteiger partial charge in [-0.2, -0.15) is 18.4 Å². The maximum absolute atomic E-state index is 12.7. The summed E-state index contributed by atoms with van der Waals surface area (Å²) in [6.07, 6.45) is -4.55. The van der Waals surface area contributed by atoms with E-state index < -0.39 is 29.0 Å². The highest BCUT2D eigenvalue weighted by atomic mass is 19.4. The molecule has 0 fully saturated rings. The molecule has 7 heteroatoms.